The van der Waals surface area contributed by atoms with E-state index in [4.69, 9.17) is 11.6 Å². The number of hydrogen-bond donors (Lipinski definition) is 4. The maximum absolute atomic E-state index is 13.8. The number of hydrazine groups is 2. The summed E-state index contributed by atoms with van der Waals surface area (Å²) in [5.74, 6) is -0.686. The average molecular weight is 521 g/mol. The number of benzene rings is 2. The molecule has 1 unspecified atom stereocenters. The van der Waals surface area contributed by atoms with E-state index in [9.17, 15) is 15.8 Å². The summed E-state index contributed by atoms with van der Waals surface area (Å²) >= 11 is 6.62. The smallest absolute Gasteiger partial charge is 0.229 e. The van der Waals surface area contributed by atoms with E-state index in [0.717, 1.165) is 12.8 Å². The molecule has 3 aromatic rings. The molecular weight excluding hydrogens is 493 g/mol. The number of halogens is 2. The Morgan fingerprint density at radius 2 is 2.05 bits per heavy atom. The predicted octanol–water partition coefficient (Wildman–Crippen LogP) is 5.37. The summed E-state index contributed by atoms with van der Waals surface area (Å²) in [6, 6.07) is 9.88. The fraction of sp³-hybridized carbons (Fsp3) is 0.296. The zero-order valence-corrected chi connectivity index (χ0v) is 21.4. The maximum atomic E-state index is 13.8. The molecule has 4 N–H and O–H groups in total. The number of hydrogen-bond acceptors (Lipinski definition) is 7. The SMILES string of the molecule is [2H]C(Nc1cc(Cl)c2ncc(C#N)c(NC(=O)C(C)(C)C)c2c1)(C1=CN(C2CC2)NN1)c1ccc(F)cc1. The number of nitrogens with one attached hydrogen (secondary N) is 4. The molecule has 0 spiro atoms. The van der Waals surface area contributed by atoms with Crippen molar-refractivity contribution in [2.45, 2.75) is 45.7 Å². The number of pyridine rings is 1. The molecule has 2 aromatic carbocycles. The molecule has 8 nitrogen and oxygen atoms in total. The van der Waals surface area contributed by atoms with Gasteiger partial charge in [-0.1, -0.05) is 44.5 Å². The summed E-state index contributed by atoms with van der Waals surface area (Å²) in [4.78, 5) is 17.2. The molecule has 1 aliphatic heterocycles. The van der Waals surface area contributed by atoms with Crippen molar-refractivity contribution in [1.82, 2.24) is 21.0 Å². The molecule has 1 saturated carbocycles. The average Bonchev–Trinajstić information content (AvgIpc) is 3.59. The normalized spacial score (nSPS) is 17.4. The van der Waals surface area contributed by atoms with Crippen LogP contribution in [0.5, 0.6) is 0 Å². The van der Waals surface area contributed by atoms with Crippen LogP contribution in [0.4, 0.5) is 15.8 Å². The molecule has 37 heavy (non-hydrogen) atoms. The quantitative estimate of drug-likeness (QED) is 0.346. The number of nitriles is 1. The monoisotopic (exact) mass is 520 g/mol. The molecule has 1 fully saturated rings. The van der Waals surface area contributed by atoms with Crippen molar-refractivity contribution in [3.8, 4) is 6.07 Å². The topological polar surface area (TPSA) is 105 Å². The summed E-state index contributed by atoms with van der Waals surface area (Å²) in [5, 5.41) is 18.5. The summed E-state index contributed by atoms with van der Waals surface area (Å²) in [6.07, 6.45) is 5.29. The molecule has 0 saturated heterocycles. The van der Waals surface area contributed by atoms with Crippen LogP contribution < -0.4 is 21.6 Å². The molecule has 1 aliphatic carbocycles. The number of fused-ring (bicyclic) bond motifs is 1. The van der Waals surface area contributed by atoms with Gasteiger partial charge in [0.25, 0.3) is 0 Å². The molecule has 1 atom stereocenters. The van der Waals surface area contributed by atoms with Crippen molar-refractivity contribution in [1.29, 1.82) is 5.26 Å². The molecule has 5 rings (SSSR count). The van der Waals surface area contributed by atoms with Crippen molar-refractivity contribution < 1.29 is 10.6 Å². The fourth-order valence-electron chi connectivity index (χ4n) is 3.91. The summed E-state index contributed by atoms with van der Waals surface area (Å²) < 4.78 is 23.3. The van der Waals surface area contributed by atoms with Crippen molar-refractivity contribution in [3.63, 3.8) is 0 Å². The van der Waals surface area contributed by atoms with Crippen LogP contribution >= 0.6 is 11.6 Å². The minimum absolute atomic E-state index is 0.184. The van der Waals surface area contributed by atoms with Gasteiger partial charge in [0.15, 0.2) is 0 Å². The van der Waals surface area contributed by atoms with Gasteiger partial charge in [0.2, 0.25) is 5.91 Å². The van der Waals surface area contributed by atoms with Gasteiger partial charge >= 0.3 is 0 Å². The van der Waals surface area contributed by atoms with Gasteiger partial charge in [-0.15, -0.1) is 5.53 Å². The Labute approximate surface area is 220 Å². The first-order valence-electron chi connectivity index (χ1n) is 12.4. The molecule has 0 radical (unpaired) electrons. The Hall–Kier alpha value is -3.87. The van der Waals surface area contributed by atoms with Gasteiger partial charge in [-0.05, 0) is 42.7 Å². The minimum Gasteiger partial charge on any atom is -0.373 e. The molecule has 10 heteroatoms. The van der Waals surface area contributed by atoms with Crippen LogP contribution in [0.3, 0.4) is 0 Å². The number of anilines is 2. The van der Waals surface area contributed by atoms with Gasteiger partial charge in [0.05, 0.1) is 34.9 Å². The highest BCUT2D eigenvalue weighted by Crippen LogP contribution is 2.37. The Kier molecular flexibility index (Phi) is 6.07. The van der Waals surface area contributed by atoms with E-state index in [1.54, 1.807) is 45.0 Å². The fourth-order valence-corrected chi connectivity index (χ4v) is 4.18. The lowest BCUT2D eigenvalue weighted by atomic mass is 9.95. The number of carbonyl (C=O) groups excluding carboxylic acids is 1. The molecule has 190 valence electrons. The van der Waals surface area contributed by atoms with E-state index in [1.807, 2.05) is 11.2 Å². The van der Waals surface area contributed by atoms with Crippen LogP contribution in [0.15, 0.2) is 54.5 Å². The predicted molar refractivity (Wildman–Crippen MR) is 142 cm³/mol. The van der Waals surface area contributed by atoms with Crippen LogP contribution in [-0.2, 0) is 4.79 Å². The van der Waals surface area contributed by atoms with Crippen LogP contribution in [0.2, 0.25) is 5.02 Å². The Balaban J connectivity index is 1.62. The van der Waals surface area contributed by atoms with E-state index in [2.05, 4.69) is 32.6 Å². The lowest BCUT2D eigenvalue weighted by Gasteiger charge is -2.23. The molecule has 0 bridgehead atoms. The highest BCUT2D eigenvalue weighted by atomic mass is 35.5. The van der Waals surface area contributed by atoms with Crippen molar-refractivity contribution in [2.24, 2.45) is 5.41 Å². The summed E-state index contributed by atoms with van der Waals surface area (Å²) in [7, 11) is 0. The lowest BCUT2D eigenvalue weighted by Crippen LogP contribution is -2.38. The van der Waals surface area contributed by atoms with Gasteiger partial charge in [0.1, 0.15) is 11.9 Å². The minimum atomic E-state index is -1.57. The molecule has 2 heterocycles. The maximum Gasteiger partial charge on any atom is 0.229 e. The summed E-state index contributed by atoms with van der Waals surface area (Å²) in [6.45, 7) is 5.32. The zero-order chi connectivity index (χ0) is 27.2. The number of carbonyl (C=O) groups is 1. The Bertz CT molecular complexity index is 1490. The third-order valence-electron chi connectivity index (χ3n) is 6.16. The van der Waals surface area contributed by atoms with Gasteiger partial charge < -0.3 is 16.1 Å². The van der Waals surface area contributed by atoms with Gasteiger partial charge in [-0.2, -0.15) is 5.26 Å². The van der Waals surface area contributed by atoms with Gasteiger partial charge in [-0.3, -0.25) is 14.8 Å². The van der Waals surface area contributed by atoms with Crippen LogP contribution in [-0.4, -0.2) is 21.9 Å². The van der Waals surface area contributed by atoms with Crippen LogP contribution in [0.25, 0.3) is 10.9 Å². The third-order valence-corrected chi connectivity index (χ3v) is 6.45. The first-order valence-corrected chi connectivity index (χ1v) is 12.3. The number of aromatic nitrogens is 1. The van der Waals surface area contributed by atoms with Crippen LogP contribution in [0, 0.1) is 22.6 Å². The Morgan fingerprint density at radius 3 is 2.70 bits per heavy atom. The standard InChI is InChI=1S/C27H27ClFN7O/c1-27(2,3)26(37)33-23-16(12-30)13-31-25-20(23)10-18(11-21(25)28)32-24(15-4-6-17(29)7-5-15)22-14-36(35-34-22)19-8-9-19/h4-7,10-11,13-14,19,24,32,34-35H,8-9H2,1-3H3,(H,31,33,37)/i24D. The van der Waals surface area contributed by atoms with Crippen molar-refractivity contribution in [2.75, 3.05) is 10.6 Å². The lowest BCUT2D eigenvalue weighted by molar-refractivity contribution is -0.123. The number of amides is 1. The highest BCUT2D eigenvalue weighted by molar-refractivity contribution is 6.36. The first kappa shape index (κ1) is 23.5. The van der Waals surface area contributed by atoms with E-state index < -0.39 is 17.3 Å². The molecule has 1 amide bonds. The second-order valence-electron chi connectivity index (χ2n) is 10.1. The highest BCUT2D eigenvalue weighted by Gasteiger charge is 2.32. The largest absolute Gasteiger partial charge is 0.373 e. The van der Waals surface area contributed by atoms with Crippen molar-refractivity contribution in [3.05, 3.63) is 76.5 Å². The third kappa shape index (κ3) is 5.17. The van der Waals surface area contributed by atoms with E-state index >= 15 is 0 Å². The Morgan fingerprint density at radius 1 is 1.32 bits per heavy atom. The summed E-state index contributed by atoms with van der Waals surface area (Å²) in [5.41, 5.74) is 7.75. The molecule has 2 aliphatic rings. The van der Waals surface area contributed by atoms with E-state index in [-0.39, 0.29) is 16.5 Å². The first-order chi connectivity index (χ1) is 18.0. The molecule has 1 aromatic heterocycles. The second-order valence-corrected chi connectivity index (χ2v) is 10.5. The van der Waals surface area contributed by atoms with E-state index in [0.29, 0.717) is 39.6 Å². The number of nitrogens with zero attached hydrogens (tertiary/aromatic N) is 3. The van der Waals surface area contributed by atoms with Gasteiger partial charge in [-0.25, -0.2) is 4.39 Å². The second kappa shape index (κ2) is 9.54. The number of rotatable bonds is 6. The van der Waals surface area contributed by atoms with Crippen molar-refractivity contribution >= 4 is 39.8 Å². The van der Waals surface area contributed by atoms with Gasteiger partial charge in [0, 0.05) is 34.9 Å². The molecular formula is C27H27ClFN7O. The van der Waals surface area contributed by atoms with Crippen LogP contribution in [0.1, 0.15) is 52.1 Å². The van der Waals surface area contributed by atoms with E-state index in [1.165, 1.54) is 18.3 Å². The zero-order valence-electron chi connectivity index (χ0n) is 21.6.